The van der Waals surface area contributed by atoms with Gasteiger partial charge in [0.2, 0.25) is 0 Å². The van der Waals surface area contributed by atoms with Gasteiger partial charge in [0.05, 0.1) is 25.6 Å². The van der Waals surface area contributed by atoms with Crippen molar-refractivity contribution in [2.75, 3.05) is 33.4 Å². The monoisotopic (exact) mass is 356 g/mol. The lowest BCUT2D eigenvalue weighted by atomic mass is 10.1. The number of hydrogen-bond acceptors (Lipinski definition) is 6. The van der Waals surface area contributed by atoms with Crippen molar-refractivity contribution in [1.29, 1.82) is 0 Å². The Labute approximate surface area is 155 Å². The van der Waals surface area contributed by atoms with Crippen LogP contribution in [0.25, 0.3) is 0 Å². The lowest BCUT2D eigenvalue weighted by molar-refractivity contribution is 0.253. The molecule has 140 valence electrons. The number of nitrogens with zero attached hydrogens (tertiary/aromatic N) is 4. The first-order valence-electron chi connectivity index (χ1n) is 9.46. The van der Waals surface area contributed by atoms with Crippen molar-refractivity contribution < 1.29 is 9.47 Å². The predicted octanol–water partition coefficient (Wildman–Crippen LogP) is 2.90. The summed E-state index contributed by atoms with van der Waals surface area (Å²) in [6.45, 7) is 6.32. The Morgan fingerprint density at radius 2 is 1.77 bits per heavy atom. The van der Waals surface area contributed by atoms with Crippen LogP contribution in [0.5, 0.6) is 11.5 Å². The standard InChI is InChI=1S/C20H28N4O2/c1-3-16-11-17(23-15-22-16)12-18-13-19(20(25-2)14-21-18)26-10-6-9-24-7-4-5-8-24/h11,13-15H,3-10,12H2,1-2H3. The molecule has 3 heterocycles. The third-order valence-electron chi connectivity index (χ3n) is 4.69. The summed E-state index contributed by atoms with van der Waals surface area (Å²) in [5.74, 6) is 1.43. The van der Waals surface area contributed by atoms with Gasteiger partial charge in [0.15, 0.2) is 11.5 Å². The number of methoxy groups -OCH3 is 1. The normalized spacial score (nSPS) is 14.5. The van der Waals surface area contributed by atoms with Crippen molar-refractivity contribution >= 4 is 0 Å². The number of pyridine rings is 1. The second-order valence-corrected chi connectivity index (χ2v) is 6.61. The molecule has 0 unspecified atom stereocenters. The van der Waals surface area contributed by atoms with Crippen LogP contribution in [0.3, 0.4) is 0 Å². The van der Waals surface area contributed by atoms with E-state index < -0.39 is 0 Å². The van der Waals surface area contributed by atoms with Gasteiger partial charge in [-0.05, 0) is 44.8 Å². The highest BCUT2D eigenvalue weighted by Gasteiger charge is 2.12. The molecule has 0 saturated carbocycles. The molecule has 1 saturated heterocycles. The fourth-order valence-corrected chi connectivity index (χ4v) is 3.22. The number of ether oxygens (including phenoxy) is 2. The maximum atomic E-state index is 5.99. The summed E-state index contributed by atoms with van der Waals surface area (Å²) in [5, 5.41) is 0. The molecule has 2 aromatic heterocycles. The van der Waals surface area contributed by atoms with E-state index in [1.165, 1.54) is 25.9 Å². The highest BCUT2D eigenvalue weighted by Crippen LogP contribution is 2.27. The second kappa shape index (κ2) is 9.48. The Morgan fingerprint density at radius 1 is 1.00 bits per heavy atom. The first kappa shape index (κ1) is 18.6. The number of rotatable bonds is 9. The number of likely N-dealkylation sites (tertiary alicyclic amines) is 1. The van der Waals surface area contributed by atoms with Crippen molar-refractivity contribution in [2.24, 2.45) is 0 Å². The van der Waals surface area contributed by atoms with Crippen molar-refractivity contribution in [3.05, 3.63) is 41.7 Å². The minimum Gasteiger partial charge on any atom is -0.491 e. The van der Waals surface area contributed by atoms with Gasteiger partial charge in [-0.25, -0.2) is 9.97 Å². The quantitative estimate of drug-likeness (QED) is 0.644. The largest absolute Gasteiger partial charge is 0.491 e. The maximum Gasteiger partial charge on any atom is 0.179 e. The highest BCUT2D eigenvalue weighted by atomic mass is 16.5. The van der Waals surface area contributed by atoms with E-state index in [0.29, 0.717) is 18.8 Å². The van der Waals surface area contributed by atoms with Gasteiger partial charge in [-0.15, -0.1) is 0 Å². The third-order valence-corrected chi connectivity index (χ3v) is 4.69. The van der Waals surface area contributed by atoms with Gasteiger partial charge in [-0.3, -0.25) is 4.98 Å². The van der Waals surface area contributed by atoms with E-state index in [1.807, 2.05) is 12.1 Å². The molecule has 3 rings (SSSR count). The molecule has 0 aromatic carbocycles. The summed E-state index contributed by atoms with van der Waals surface area (Å²) in [4.78, 5) is 15.6. The molecule has 1 aliphatic heterocycles. The van der Waals surface area contributed by atoms with E-state index in [9.17, 15) is 0 Å². The Kier molecular flexibility index (Phi) is 6.77. The minimum absolute atomic E-state index is 0.656. The number of aromatic nitrogens is 3. The molecule has 0 N–H and O–H groups in total. The highest BCUT2D eigenvalue weighted by molar-refractivity contribution is 5.39. The Hall–Kier alpha value is -2.21. The van der Waals surface area contributed by atoms with E-state index in [4.69, 9.17) is 9.47 Å². The van der Waals surface area contributed by atoms with Gasteiger partial charge in [0.1, 0.15) is 6.33 Å². The topological polar surface area (TPSA) is 60.4 Å². The number of hydrogen-bond donors (Lipinski definition) is 0. The average molecular weight is 356 g/mol. The van der Waals surface area contributed by atoms with E-state index >= 15 is 0 Å². The van der Waals surface area contributed by atoms with Crippen molar-refractivity contribution in [2.45, 2.75) is 39.0 Å². The van der Waals surface area contributed by atoms with Crippen LogP contribution in [0.1, 0.15) is 43.3 Å². The molecule has 26 heavy (non-hydrogen) atoms. The molecule has 2 aromatic rings. The van der Waals surface area contributed by atoms with Crippen molar-refractivity contribution in [1.82, 2.24) is 19.9 Å². The molecule has 6 nitrogen and oxygen atoms in total. The van der Waals surface area contributed by atoms with E-state index in [-0.39, 0.29) is 0 Å². The van der Waals surface area contributed by atoms with Gasteiger partial charge in [0, 0.05) is 30.4 Å². The molecule has 0 aliphatic carbocycles. The molecule has 0 bridgehead atoms. The summed E-state index contributed by atoms with van der Waals surface area (Å²) in [5.41, 5.74) is 2.93. The molecule has 6 heteroatoms. The van der Waals surface area contributed by atoms with Gasteiger partial charge < -0.3 is 14.4 Å². The Balaban J connectivity index is 1.59. The molecule has 0 atom stereocenters. The van der Waals surface area contributed by atoms with Gasteiger partial charge in [-0.2, -0.15) is 0 Å². The Morgan fingerprint density at radius 3 is 2.54 bits per heavy atom. The smallest absolute Gasteiger partial charge is 0.179 e. The molecular formula is C20H28N4O2. The van der Waals surface area contributed by atoms with Gasteiger partial charge in [-0.1, -0.05) is 6.92 Å². The van der Waals surface area contributed by atoms with Crippen LogP contribution in [0, 0.1) is 0 Å². The van der Waals surface area contributed by atoms with Crippen LogP contribution in [0.2, 0.25) is 0 Å². The molecule has 0 radical (unpaired) electrons. The molecular weight excluding hydrogens is 328 g/mol. The van der Waals surface area contributed by atoms with Crippen LogP contribution in [-0.2, 0) is 12.8 Å². The zero-order valence-electron chi connectivity index (χ0n) is 15.8. The SMILES string of the molecule is CCc1cc(Cc2cc(OCCCN3CCCC3)c(OC)cn2)ncn1. The summed E-state index contributed by atoms with van der Waals surface area (Å²) < 4.78 is 11.4. The van der Waals surface area contributed by atoms with Crippen LogP contribution >= 0.6 is 0 Å². The lowest BCUT2D eigenvalue weighted by Gasteiger charge is -2.15. The van der Waals surface area contributed by atoms with Crippen LogP contribution in [-0.4, -0.2) is 53.2 Å². The first-order valence-corrected chi connectivity index (χ1v) is 9.46. The second-order valence-electron chi connectivity index (χ2n) is 6.61. The zero-order valence-corrected chi connectivity index (χ0v) is 15.8. The summed E-state index contributed by atoms with van der Waals surface area (Å²) in [7, 11) is 1.64. The maximum absolute atomic E-state index is 5.99. The number of aryl methyl sites for hydroxylation is 1. The van der Waals surface area contributed by atoms with Crippen molar-refractivity contribution in [3.63, 3.8) is 0 Å². The molecule has 0 spiro atoms. The lowest BCUT2D eigenvalue weighted by Crippen LogP contribution is -2.22. The van der Waals surface area contributed by atoms with E-state index in [2.05, 4.69) is 26.8 Å². The van der Waals surface area contributed by atoms with E-state index in [1.54, 1.807) is 19.6 Å². The van der Waals surface area contributed by atoms with Gasteiger partial charge >= 0.3 is 0 Å². The summed E-state index contributed by atoms with van der Waals surface area (Å²) >= 11 is 0. The predicted molar refractivity (Wildman–Crippen MR) is 101 cm³/mol. The minimum atomic E-state index is 0.656. The summed E-state index contributed by atoms with van der Waals surface area (Å²) in [6.07, 6.45) is 8.57. The molecule has 0 amide bonds. The third kappa shape index (κ3) is 5.14. The van der Waals surface area contributed by atoms with Gasteiger partial charge in [0.25, 0.3) is 0 Å². The fraction of sp³-hybridized carbons (Fsp3) is 0.550. The van der Waals surface area contributed by atoms with Crippen LogP contribution < -0.4 is 9.47 Å². The van der Waals surface area contributed by atoms with E-state index in [0.717, 1.165) is 42.2 Å². The van der Waals surface area contributed by atoms with Crippen LogP contribution in [0.4, 0.5) is 0 Å². The molecule has 1 aliphatic rings. The summed E-state index contributed by atoms with van der Waals surface area (Å²) in [6, 6.07) is 3.99. The fourth-order valence-electron chi connectivity index (χ4n) is 3.22. The Bertz CT molecular complexity index is 702. The zero-order chi connectivity index (χ0) is 18.2. The molecule has 1 fully saturated rings. The van der Waals surface area contributed by atoms with Crippen molar-refractivity contribution in [3.8, 4) is 11.5 Å². The first-order chi connectivity index (χ1) is 12.8. The average Bonchev–Trinajstić information content (AvgIpc) is 3.19. The van der Waals surface area contributed by atoms with Crippen LogP contribution in [0.15, 0.2) is 24.7 Å².